The number of hydrogen-bond acceptors (Lipinski definition) is 6. The maximum atomic E-state index is 13.8. The Balaban J connectivity index is 2.48. The maximum absolute atomic E-state index is 13.8. The van der Waals surface area contributed by atoms with Crippen LogP contribution in [-0.2, 0) is 26.2 Å². The largest absolute Gasteiger partial charge is 0.497 e. The van der Waals surface area contributed by atoms with Crippen molar-refractivity contribution < 1.29 is 27.5 Å². The van der Waals surface area contributed by atoms with Gasteiger partial charge in [0.25, 0.3) is 0 Å². The highest BCUT2D eigenvalue weighted by Crippen LogP contribution is 2.31. The standard InChI is InChI=1S/C27H39N3O6S/c1-8-23(27(32)28-16-19(2)3)29(17-21-10-12-22(35-5)13-11-21)26(31)18-30(37(7,33)34)24-15-20(4)9-14-25(24)36-6/h9-15,19,23H,8,16-18H2,1-7H3,(H,28,32). The molecular weight excluding hydrogens is 494 g/mol. The second-order valence-corrected chi connectivity index (χ2v) is 11.3. The number of sulfonamides is 1. The van der Waals surface area contributed by atoms with E-state index in [4.69, 9.17) is 9.47 Å². The number of amides is 2. The molecule has 0 aromatic heterocycles. The van der Waals surface area contributed by atoms with Crippen molar-refractivity contribution in [1.82, 2.24) is 10.2 Å². The Morgan fingerprint density at radius 1 is 1.03 bits per heavy atom. The van der Waals surface area contributed by atoms with Crippen LogP contribution in [0, 0.1) is 12.8 Å². The van der Waals surface area contributed by atoms with E-state index in [0.717, 1.165) is 21.7 Å². The first-order valence-electron chi connectivity index (χ1n) is 12.2. The van der Waals surface area contributed by atoms with Crippen molar-refractivity contribution in [3.63, 3.8) is 0 Å². The summed E-state index contributed by atoms with van der Waals surface area (Å²) >= 11 is 0. The third-order valence-corrected chi connectivity index (χ3v) is 6.99. The molecule has 1 unspecified atom stereocenters. The predicted octanol–water partition coefficient (Wildman–Crippen LogP) is 3.36. The topological polar surface area (TPSA) is 105 Å². The first-order chi connectivity index (χ1) is 17.4. The number of anilines is 1. The van der Waals surface area contributed by atoms with Gasteiger partial charge in [-0.1, -0.05) is 39.0 Å². The average molecular weight is 534 g/mol. The van der Waals surface area contributed by atoms with Crippen LogP contribution in [-0.4, -0.2) is 64.7 Å². The molecule has 0 aliphatic heterocycles. The molecule has 0 fully saturated rings. The van der Waals surface area contributed by atoms with Gasteiger partial charge in [-0.05, 0) is 54.7 Å². The van der Waals surface area contributed by atoms with Gasteiger partial charge in [0.2, 0.25) is 21.8 Å². The van der Waals surface area contributed by atoms with Crippen LogP contribution in [0.4, 0.5) is 5.69 Å². The van der Waals surface area contributed by atoms with Crippen LogP contribution in [0.1, 0.15) is 38.3 Å². The lowest BCUT2D eigenvalue weighted by Crippen LogP contribution is -2.52. The van der Waals surface area contributed by atoms with Crippen LogP contribution in [0.5, 0.6) is 11.5 Å². The zero-order chi connectivity index (χ0) is 27.8. The van der Waals surface area contributed by atoms with Gasteiger partial charge >= 0.3 is 0 Å². The summed E-state index contributed by atoms with van der Waals surface area (Å²) < 4.78 is 37.4. The highest BCUT2D eigenvalue weighted by molar-refractivity contribution is 7.92. The molecule has 0 bridgehead atoms. The first-order valence-corrected chi connectivity index (χ1v) is 14.1. The molecule has 0 spiro atoms. The number of nitrogens with zero attached hydrogens (tertiary/aromatic N) is 2. The second-order valence-electron chi connectivity index (χ2n) is 9.38. The van der Waals surface area contributed by atoms with Crippen LogP contribution in [0.25, 0.3) is 0 Å². The fourth-order valence-electron chi connectivity index (χ4n) is 3.86. The van der Waals surface area contributed by atoms with Gasteiger partial charge in [-0.3, -0.25) is 13.9 Å². The van der Waals surface area contributed by atoms with Crippen molar-refractivity contribution >= 4 is 27.5 Å². The molecule has 1 atom stereocenters. The van der Waals surface area contributed by atoms with Crippen molar-refractivity contribution in [1.29, 1.82) is 0 Å². The minimum atomic E-state index is -3.86. The molecule has 0 heterocycles. The summed E-state index contributed by atoms with van der Waals surface area (Å²) in [7, 11) is -0.854. The first kappa shape index (κ1) is 30.0. The molecule has 0 aliphatic carbocycles. The van der Waals surface area contributed by atoms with E-state index in [9.17, 15) is 18.0 Å². The van der Waals surface area contributed by atoms with Gasteiger partial charge in [-0.2, -0.15) is 0 Å². The third-order valence-electron chi connectivity index (χ3n) is 5.86. The summed E-state index contributed by atoms with van der Waals surface area (Å²) in [5.41, 5.74) is 1.86. The van der Waals surface area contributed by atoms with E-state index in [1.165, 1.54) is 12.0 Å². The van der Waals surface area contributed by atoms with E-state index < -0.39 is 28.5 Å². The summed E-state index contributed by atoms with van der Waals surface area (Å²) in [4.78, 5) is 28.4. The zero-order valence-electron chi connectivity index (χ0n) is 22.8. The molecule has 0 aliphatic rings. The Hall–Kier alpha value is -3.27. The number of rotatable bonds is 13. The maximum Gasteiger partial charge on any atom is 0.244 e. The summed E-state index contributed by atoms with van der Waals surface area (Å²) in [6.45, 7) is 7.73. The van der Waals surface area contributed by atoms with Gasteiger partial charge in [0.1, 0.15) is 24.1 Å². The normalized spacial score (nSPS) is 12.1. The molecule has 9 nitrogen and oxygen atoms in total. The summed E-state index contributed by atoms with van der Waals surface area (Å²) in [5.74, 6) is 0.445. The van der Waals surface area contributed by atoms with Gasteiger partial charge in [-0.15, -0.1) is 0 Å². The minimum absolute atomic E-state index is 0.124. The van der Waals surface area contributed by atoms with E-state index in [2.05, 4.69) is 5.32 Å². The summed E-state index contributed by atoms with van der Waals surface area (Å²) in [6.07, 6.45) is 1.40. The number of ether oxygens (including phenoxy) is 2. The number of benzene rings is 2. The molecule has 2 aromatic rings. The highest BCUT2D eigenvalue weighted by atomic mass is 32.2. The molecule has 2 rings (SSSR count). The van der Waals surface area contributed by atoms with Crippen molar-refractivity contribution in [3.05, 3.63) is 53.6 Å². The Kier molecular flexibility index (Phi) is 10.8. The fourth-order valence-corrected chi connectivity index (χ4v) is 4.70. The second kappa shape index (κ2) is 13.3. The van der Waals surface area contributed by atoms with Crippen LogP contribution < -0.4 is 19.1 Å². The highest BCUT2D eigenvalue weighted by Gasteiger charge is 2.32. The lowest BCUT2D eigenvalue weighted by atomic mass is 10.1. The molecule has 204 valence electrons. The Morgan fingerprint density at radius 3 is 2.19 bits per heavy atom. The van der Waals surface area contributed by atoms with Gasteiger partial charge in [0.05, 0.1) is 26.2 Å². The van der Waals surface area contributed by atoms with Gasteiger partial charge in [-0.25, -0.2) is 8.42 Å². The monoisotopic (exact) mass is 533 g/mol. The Labute approximate surface area is 220 Å². The Morgan fingerprint density at radius 2 is 1.68 bits per heavy atom. The van der Waals surface area contributed by atoms with Crippen LogP contribution in [0.15, 0.2) is 42.5 Å². The van der Waals surface area contributed by atoms with Crippen molar-refractivity contribution in [2.24, 2.45) is 5.92 Å². The van der Waals surface area contributed by atoms with Gasteiger partial charge in [0.15, 0.2) is 0 Å². The average Bonchev–Trinajstić information content (AvgIpc) is 2.85. The summed E-state index contributed by atoms with van der Waals surface area (Å²) in [5, 5.41) is 2.91. The van der Waals surface area contributed by atoms with Crippen LogP contribution in [0.2, 0.25) is 0 Å². The van der Waals surface area contributed by atoms with Crippen molar-refractivity contribution in [2.75, 3.05) is 37.9 Å². The fraction of sp³-hybridized carbons (Fsp3) is 0.481. The van der Waals surface area contributed by atoms with Gasteiger partial charge < -0.3 is 19.7 Å². The smallest absolute Gasteiger partial charge is 0.244 e. The van der Waals surface area contributed by atoms with Crippen LogP contribution >= 0.6 is 0 Å². The molecule has 1 N–H and O–H groups in total. The molecule has 0 radical (unpaired) electrons. The van der Waals surface area contributed by atoms with E-state index in [1.54, 1.807) is 37.4 Å². The van der Waals surface area contributed by atoms with Crippen molar-refractivity contribution in [3.8, 4) is 11.5 Å². The third kappa shape index (κ3) is 8.38. The van der Waals surface area contributed by atoms with Crippen molar-refractivity contribution in [2.45, 2.75) is 46.7 Å². The number of aryl methyl sites for hydroxylation is 1. The van der Waals surface area contributed by atoms with E-state index in [-0.39, 0.29) is 24.1 Å². The molecule has 10 heteroatoms. The molecule has 2 amide bonds. The number of nitrogens with one attached hydrogen (secondary N) is 1. The quantitative estimate of drug-likeness (QED) is 0.423. The lowest BCUT2D eigenvalue weighted by Gasteiger charge is -2.33. The molecule has 2 aromatic carbocycles. The molecule has 0 saturated carbocycles. The molecular formula is C27H39N3O6S. The van der Waals surface area contributed by atoms with Gasteiger partial charge in [0, 0.05) is 13.1 Å². The molecule has 0 saturated heterocycles. The van der Waals surface area contributed by atoms with E-state index in [1.807, 2.05) is 39.8 Å². The SMILES string of the molecule is CCC(C(=O)NCC(C)C)N(Cc1ccc(OC)cc1)C(=O)CN(c1cc(C)ccc1OC)S(C)(=O)=O. The lowest BCUT2D eigenvalue weighted by molar-refractivity contribution is -0.140. The number of carbonyl (C=O) groups is 2. The Bertz CT molecular complexity index is 1170. The number of carbonyl (C=O) groups excluding carboxylic acids is 2. The minimum Gasteiger partial charge on any atom is -0.497 e. The number of hydrogen-bond donors (Lipinski definition) is 1. The molecule has 37 heavy (non-hydrogen) atoms. The zero-order valence-corrected chi connectivity index (χ0v) is 23.6. The van der Waals surface area contributed by atoms with E-state index in [0.29, 0.717) is 24.5 Å². The van der Waals surface area contributed by atoms with Crippen LogP contribution in [0.3, 0.4) is 0 Å². The summed E-state index contributed by atoms with van der Waals surface area (Å²) in [6, 6.07) is 11.5. The van der Waals surface area contributed by atoms with E-state index >= 15 is 0 Å². The number of methoxy groups -OCH3 is 2. The predicted molar refractivity (Wildman–Crippen MR) is 145 cm³/mol.